The molecule has 1 aliphatic rings. The Balaban J connectivity index is 2.09. The third-order valence-electron chi connectivity index (χ3n) is 4.18. The summed E-state index contributed by atoms with van der Waals surface area (Å²) in [5, 5.41) is 10.3. The summed E-state index contributed by atoms with van der Waals surface area (Å²) in [7, 11) is 1.47. The first kappa shape index (κ1) is 15.8. The van der Waals surface area contributed by atoms with Gasteiger partial charge in [0.1, 0.15) is 5.75 Å². The highest BCUT2D eigenvalue weighted by atomic mass is 16.5. The van der Waals surface area contributed by atoms with Crippen LogP contribution in [0.1, 0.15) is 16.7 Å². The van der Waals surface area contributed by atoms with Crippen molar-refractivity contribution < 1.29 is 19.4 Å². The summed E-state index contributed by atoms with van der Waals surface area (Å²) >= 11 is 0. The molecule has 0 atom stereocenters. The summed E-state index contributed by atoms with van der Waals surface area (Å²) in [6.45, 7) is 3.85. The van der Waals surface area contributed by atoms with Gasteiger partial charge in [0.2, 0.25) is 0 Å². The quantitative estimate of drug-likeness (QED) is 0.881. The van der Waals surface area contributed by atoms with Gasteiger partial charge in [0.25, 0.3) is 5.91 Å². The second-order valence-corrected chi connectivity index (χ2v) is 5.64. The maximum atomic E-state index is 12.8. The summed E-state index contributed by atoms with van der Waals surface area (Å²) in [6.07, 6.45) is 0. The molecule has 2 amide bonds. The van der Waals surface area contributed by atoms with E-state index in [-0.39, 0.29) is 5.57 Å². The average molecular weight is 323 g/mol. The van der Waals surface area contributed by atoms with Gasteiger partial charge in [-0.05, 0) is 43.2 Å². The Kier molecular flexibility index (Phi) is 3.85. The van der Waals surface area contributed by atoms with Crippen molar-refractivity contribution in [2.75, 3.05) is 12.0 Å². The van der Waals surface area contributed by atoms with Crippen molar-refractivity contribution in [2.24, 2.45) is 0 Å². The van der Waals surface area contributed by atoms with Gasteiger partial charge >= 0.3 is 5.91 Å². The molecule has 1 aliphatic heterocycles. The number of anilines is 1. The molecule has 0 saturated heterocycles. The first-order valence-corrected chi connectivity index (χ1v) is 7.48. The Hall–Kier alpha value is -3.08. The fraction of sp³-hybridized carbons (Fsp3) is 0.158. The van der Waals surface area contributed by atoms with E-state index in [1.165, 1.54) is 7.11 Å². The predicted octanol–water partition coefficient (Wildman–Crippen LogP) is 3.15. The van der Waals surface area contributed by atoms with E-state index in [4.69, 9.17) is 4.74 Å². The number of imide groups is 1. The maximum Gasteiger partial charge on any atom is 0.301 e. The van der Waals surface area contributed by atoms with Crippen molar-refractivity contribution in [3.63, 3.8) is 0 Å². The van der Waals surface area contributed by atoms with Gasteiger partial charge in [0, 0.05) is 5.56 Å². The van der Waals surface area contributed by atoms with Crippen molar-refractivity contribution >= 4 is 23.1 Å². The first-order valence-electron chi connectivity index (χ1n) is 7.48. The lowest BCUT2D eigenvalue weighted by molar-refractivity contribution is -0.121. The van der Waals surface area contributed by atoms with Crippen molar-refractivity contribution in [2.45, 2.75) is 13.8 Å². The van der Waals surface area contributed by atoms with Gasteiger partial charge in [-0.2, -0.15) is 0 Å². The number of nitrogens with zero attached hydrogens (tertiary/aromatic N) is 1. The molecule has 5 heteroatoms. The normalized spacial score (nSPS) is 14.5. The predicted molar refractivity (Wildman–Crippen MR) is 91.0 cm³/mol. The SMILES string of the molecule is COc1ccccc1C1=C(O)C(=O)N(c2ccc(C)c(C)c2)C1=O. The van der Waals surface area contributed by atoms with Gasteiger partial charge in [0.05, 0.1) is 18.4 Å². The number of carbonyl (C=O) groups excluding carboxylic acids is 2. The minimum Gasteiger partial charge on any atom is -0.502 e. The van der Waals surface area contributed by atoms with Gasteiger partial charge in [-0.15, -0.1) is 0 Å². The van der Waals surface area contributed by atoms with Crippen LogP contribution >= 0.6 is 0 Å². The monoisotopic (exact) mass is 323 g/mol. The number of hydrogen-bond donors (Lipinski definition) is 1. The molecule has 1 heterocycles. The van der Waals surface area contributed by atoms with Crippen LogP contribution in [0.25, 0.3) is 5.57 Å². The van der Waals surface area contributed by atoms with Gasteiger partial charge in [-0.1, -0.05) is 24.3 Å². The van der Waals surface area contributed by atoms with Crippen molar-refractivity contribution in [1.82, 2.24) is 0 Å². The highest BCUT2D eigenvalue weighted by molar-refractivity contribution is 6.45. The van der Waals surface area contributed by atoms with Crippen LogP contribution in [-0.2, 0) is 9.59 Å². The first-order chi connectivity index (χ1) is 11.5. The van der Waals surface area contributed by atoms with Crippen LogP contribution in [0.5, 0.6) is 5.75 Å². The molecule has 0 unspecified atom stereocenters. The Morgan fingerprint density at radius 3 is 2.33 bits per heavy atom. The van der Waals surface area contributed by atoms with Crippen LogP contribution in [0.3, 0.4) is 0 Å². The highest BCUT2D eigenvalue weighted by Gasteiger charge is 2.41. The molecule has 1 N–H and O–H groups in total. The third-order valence-corrected chi connectivity index (χ3v) is 4.18. The van der Waals surface area contributed by atoms with E-state index in [9.17, 15) is 14.7 Å². The fourth-order valence-electron chi connectivity index (χ4n) is 2.71. The maximum absolute atomic E-state index is 12.8. The number of carbonyl (C=O) groups is 2. The van der Waals surface area contributed by atoms with E-state index in [1.807, 2.05) is 19.9 Å². The summed E-state index contributed by atoms with van der Waals surface area (Å²) in [5.41, 5.74) is 2.79. The molecule has 0 radical (unpaired) electrons. The largest absolute Gasteiger partial charge is 0.502 e. The molecule has 122 valence electrons. The number of aliphatic hydroxyl groups excluding tert-OH is 1. The molecule has 2 aromatic carbocycles. The Morgan fingerprint density at radius 1 is 0.958 bits per heavy atom. The Labute approximate surface area is 139 Å². The lowest BCUT2D eigenvalue weighted by atomic mass is 10.0. The van der Waals surface area contributed by atoms with E-state index in [0.717, 1.165) is 16.0 Å². The molecule has 0 saturated carbocycles. The van der Waals surface area contributed by atoms with Gasteiger partial charge in [-0.25, -0.2) is 4.90 Å². The number of aliphatic hydroxyl groups is 1. The van der Waals surface area contributed by atoms with Crippen LogP contribution in [0.2, 0.25) is 0 Å². The number of hydrogen-bond acceptors (Lipinski definition) is 4. The summed E-state index contributed by atoms with van der Waals surface area (Å²) < 4.78 is 5.24. The number of benzene rings is 2. The van der Waals surface area contributed by atoms with Crippen LogP contribution < -0.4 is 9.64 Å². The zero-order valence-corrected chi connectivity index (χ0v) is 13.7. The van der Waals surface area contributed by atoms with Crippen molar-refractivity contribution in [3.8, 4) is 5.75 Å². The molecule has 0 spiro atoms. The Bertz CT molecular complexity index is 883. The fourth-order valence-corrected chi connectivity index (χ4v) is 2.71. The summed E-state index contributed by atoms with van der Waals surface area (Å²) in [6, 6.07) is 12.1. The number of para-hydroxylation sites is 1. The van der Waals surface area contributed by atoms with E-state index in [2.05, 4.69) is 0 Å². The molecule has 0 fully saturated rings. The minimum atomic E-state index is -0.732. The summed E-state index contributed by atoms with van der Waals surface area (Å²) in [5.74, 6) is -1.45. The number of rotatable bonds is 3. The zero-order valence-electron chi connectivity index (χ0n) is 13.7. The molecule has 0 bridgehead atoms. The van der Waals surface area contributed by atoms with Gasteiger partial charge in [0.15, 0.2) is 5.76 Å². The lowest BCUT2D eigenvalue weighted by Gasteiger charge is -2.16. The number of methoxy groups -OCH3 is 1. The smallest absolute Gasteiger partial charge is 0.301 e. The van der Waals surface area contributed by atoms with E-state index < -0.39 is 17.6 Å². The molecular formula is C19H17NO4. The Morgan fingerprint density at radius 2 is 1.67 bits per heavy atom. The van der Waals surface area contributed by atoms with Crippen LogP contribution in [0.15, 0.2) is 48.2 Å². The average Bonchev–Trinajstić information content (AvgIpc) is 2.80. The molecule has 0 aliphatic carbocycles. The van der Waals surface area contributed by atoms with Crippen molar-refractivity contribution in [1.29, 1.82) is 0 Å². The molecule has 3 rings (SSSR count). The zero-order chi connectivity index (χ0) is 17.4. The minimum absolute atomic E-state index is 0.0457. The molecular weight excluding hydrogens is 306 g/mol. The number of amides is 2. The van der Waals surface area contributed by atoms with Crippen LogP contribution in [0.4, 0.5) is 5.69 Å². The van der Waals surface area contributed by atoms with Gasteiger partial charge in [-0.3, -0.25) is 9.59 Å². The topological polar surface area (TPSA) is 66.8 Å². The summed E-state index contributed by atoms with van der Waals surface area (Å²) in [4.78, 5) is 26.3. The van der Waals surface area contributed by atoms with E-state index in [0.29, 0.717) is 17.0 Å². The third kappa shape index (κ3) is 2.34. The standard InChI is InChI=1S/C19H17NO4/c1-11-8-9-13(10-12(11)2)20-18(22)16(17(21)19(20)23)14-6-4-5-7-15(14)24-3/h4-10,21H,1-3H3. The van der Waals surface area contributed by atoms with Crippen molar-refractivity contribution in [3.05, 3.63) is 64.9 Å². The molecule has 5 nitrogen and oxygen atoms in total. The lowest BCUT2D eigenvalue weighted by Crippen LogP contribution is -2.31. The number of aryl methyl sites for hydroxylation is 2. The second-order valence-electron chi connectivity index (χ2n) is 5.64. The van der Waals surface area contributed by atoms with Crippen LogP contribution in [0, 0.1) is 13.8 Å². The molecule has 0 aromatic heterocycles. The molecule has 2 aromatic rings. The van der Waals surface area contributed by atoms with E-state index in [1.54, 1.807) is 36.4 Å². The van der Waals surface area contributed by atoms with Crippen LogP contribution in [-0.4, -0.2) is 24.0 Å². The van der Waals surface area contributed by atoms with E-state index >= 15 is 0 Å². The number of ether oxygens (including phenoxy) is 1. The highest BCUT2D eigenvalue weighted by Crippen LogP contribution is 2.36. The molecule has 24 heavy (non-hydrogen) atoms. The van der Waals surface area contributed by atoms with Gasteiger partial charge < -0.3 is 9.84 Å². The second kappa shape index (κ2) is 5.85.